The van der Waals surface area contributed by atoms with Crippen LogP contribution in [0.2, 0.25) is 0 Å². The van der Waals surface area contributed by atoms with E-state index in [1.54, 1.807) is 4.90 Å². The van der Waals surface area contributed by atoms with Crippen molar-refractivity contribution in [1.29, 1.82) is 0 Å². The highest BCUT2D eigenvalue weighted by Crippen LogP contribution is 2.24. The second kappa shape index (κ2) is 10.6. The highest BCUT2D eigenvalue weighted by Gasteiger charge is 2.28. The van der Waals surface area contributed by atoms with Crippen molar-refractivity contribution >= 4 is 6.09 Å². The van der Waals surface area contributed by atoms with Crippen LogP contribution >= 0.6 is 0 Å². The van der Waals surface area contributed by atoms with E-state index in [1.165, 1.54) is 32.1 Å². The minimum absolute atomic E-state index is 0.00813. The number of rotatable bonds is 7. The van der Waals surface area contributed by atoms with Gasteiger partial charge in [0.2, 0.25) is 0 Å². The summed E-state index contributed by atoms with van der Waals surface area (Å²) >= 11 is 0. The van der Waals surface area contributed by atoms with E-state index < -0.39 is 5.60 Å². The predicted molar refractivity (Wildman–Crippen MR) is 107 cm³/mol. The second-order valence-corrected chi connectivity index (χ2v) is 9.21. The van der Waals surface area contributed by atoms with E-state index in [2.05, 4.69) is 0 Å². The van der Waals surface area contributed by atoms with Gasteiger partial charge in [0.05, 0.1) is 24.9 Å². The molecule has 27 heavy (non-hydrogen) atoms. The fraction of sp³-hybridized carbons (Fsp3) is 0.952. The molecule has 6 heteroatoms. The van der Waals surface area contributed by atoms with Crippen LogP contribution in [0.1, 0.15) is 72.6 Å². The van der Waals surface area contributed by atoms with E-state index in [0.717, 1.165) is 19.4 Å². The maximum absolute atomic E-state index is 12.1. The highest BCUT2D eigenvalue weighted by atomic mass is 16.6. The number of likely N-dealkylation sites (tertiary alicyclic amines) is 1. The van der Waals surface area contributed by atoms with Gasteiger partial charge in [-0.2, -0.15) is 0 Å². The molecule has 6 nitrogen and oxygen atoms in total. The molecule has 2 aliphatic rings. The molecule has 0 aromatic heterocycles. The van der Waals surface area contributed by atoms with Gasteiger partial charge in [-0.05, 0) is 59.3 Å². The summed E-state index contributed by atoms with van der Waals surface area (Å²) in [6.45, 7) is 10.4. The van der Waals surface area contributed by atoms with Gasteiger partial charge in [0.15, 0.2) is 0 Å². The highest BCUT2D eigenvalue weighted by molar-refractivity contribution is 5.68. The zero-order chi connectivity index (χ0) is 19.9. The van der Waals surface area contributed by atoms with Crippen molar-refractivity contribution in [2.45, 2.75) is 96.5 Å². The number of hydrogen-bond donors (Lipinski definition) is 1. The largest absolute Gasteiger partial charge is 0.444 e. The monoisotopic (exact) mass is 384 g/mol. The van der Waals surface area contributed by atoms with E-state index in [1.807, 2.05) is 27.7 Å². The molecule has 0 radical (unpaired) electrons. The molecule has 0 aromatic carbocycles. The maximum Gasteiger partial charge on any atom is 0.410 e. The van der Waals surface area contributed by atoms with Gasteiger partial charge in [-0.3, -0.25) is 0 Å². The van der Waals surface area contributed by atoms with Gasteiger partial charge in [-0.25, -0.2) is 4.79 Å². The van der Waals surface area contributed by atoms with Crippen LogP contribution in [0.3, 0.4) is 0 Å². The number of piperidine rings is 1. The molecule has 2 N–H and O–H groups in total. The number of nitrogens with two attached hydrogens (primary N) is 1. The average molecular weight is 385 g/mol. The first-order valence-corrected chi connectivity index (χ1v) is 10.7. The number of carbonyl (C=O) groups is 1. The van der Waals surface area contributed by atoms with E-state index in [-0.39, 0.29) is 24.3 Å². The van der Waals surface area contributed by atoms with Gasteiger partial charge in [0.1, 0.15) is 5.60 Å². The lowest BCUT2D eigenvalue weighted by Crippen LogP contribution is -2.45. The molecule has 2 fully saturated rings. The zero-order valence-corrected chi connectivity index (χ0v) is 17.7. The van der Waals surface area contributed by atoms with Crippen molar-refractivity contribution in [3.05, 3.63) is 0 Å². The average Bonchev–Trinajstić information content (AvgIpc) is 2.64. The van der Waals surface area contributed by atoms with Gasteiger partial charge in [-0.1, -0.05) is 19.3 Å². The maximum atomic E-state index is 12.1. The van der Waals surface area contributed by atoms with Crippen LogP contribution in [0.25, 0.3) is 0 Å². The Hall–Kier alpha value is -0.850. The third-order valence-corrected chi connectivity index (χ3v) is 5.54. The van der Waals surface area contributed by atoms with Gasteiger partial charge in [0.25, 0.3) is 0 Å². The molecule has 0 aromatic rings. The SMILES string of the molecule is C[C@@H](OCC1CCCCC1)[C@H](N)COC1CCN(C(=O)OC(C)(C)C)CC1. The third-order valence-electron chi connectivity index (χ3n) is 5.54. The van der Waals surface area contributed by atoms with E-state index in [9.17, 15) is 4.79 Å². The summed E-state index contributed by atoms with van der Waals surface area (Å²) in [5.41, 5.74) is 5.81. The smallest absolute Gasteiger partial charge is 0.410 e. The molecular formula is C21H40N2O4. The molecule has 1 saturated carbocycles. The molecule has 1 aliphatic carbocycles. The van der Waals surface area contributed by atoms with Crippen molar-refractivity contribution < 1.29 is 19.0 Å². The number of ether oxygens (including phenoxy) is 3. The van der Waals surface area contributed by atoms with Crippen molar-refractivity contribution in [3.63, 3.8) is 0 Å². The topological polar surface area (TPSA) is 74.0 Å². The van der Waals surface area contributed by atoms with Gasteiger partial charge in [-0.15, -0.1) is 0 Å². The summed E-state index contributed by atoms with van der Waals surface area (Å²) in [5, 5.41) is 0. The Morgan fingerprint density at radius 2 is 1.74 bits per heavy atom. The fourth-order valence-electron chi connectivity index (χ4n) is 3.68. The standard InChI is InChI=1S/C21H40N2O4/c1-16(25-14-17-8-6-5-7-9-17)19(22)15-26-18-10-12-23(13-11-18)20(24)27-21(2,3)4/h16-19H,5-15,22H2,1-4H3/t16-,19-/m1/s1. The van der Waals surface area contributed by atoms with Gasteiger partial charge < -0.3 is 24.8 Å². The Kier molecular flexibility index (Phi) is 8.83. The van der Waals surface area contributed by atoms with Crippen LogP contribution < -0.4 is 5.73 Å². The molecule has 1 aliphatic heterocycles. The summed E-state index contributed by atoms with van der Waals surface area (Å²) in [4.78, 5) is 13.9. The van der Waals surface area contributed by atoms with Crippen LogP contribution in [-0.4, -0.2) is 61.1 Å². The lowest BCUT2D eigenvalue weighted by molar-refractivity contribution is -0.0394. The summed E-state index contributed by atoms with van der Waals surface area (Å²) in [6.07, 6.45) is 8.18. The molecule has 2 atom stereocenters. The fourth-order valence-corrected chi connectivity index (χ4v) is 3.68. The van der Waals surface area contributed by atoms with Crippen LogP contribution in [0, 0.1) is 5.92 Å². The summed E-state index contributed by atoms with van der Waals surface area (Å²) in [5.74, 6) is 0.700. The molecule has 0 bridgehead atoms. The third kappa shape index (κ3) is 8.36. The number of nitrogens with zero attached hydrogens (tertiary/aromatic N) is 1. The molecule has 0 spiro atoms. The van der Waals surface area contributed by atoms with E-state index >= 15 is 0 Å². The van der Waals surface area contributed by atoms with E-state index in [0.29, 0.717) is 25.6 Å². The molecule has 1 saturated heterocycles. The number of carbonyl (C=O) groups excluding carboxylic acids is 1. The van der Waals surface area contributed by atoms with Crippen LogP contribution in [0.15, 0.2) is 0 Å². The van der Waals surface area contributed by atoms with Crippen molar-refractivity contribution in [1.82, 2.24) is 4.90 Å². The van der Waals surface area contributed by atoms with Crippen LogP contribution in [0.5, 0.6) is 0 Å². The van der Waals surface area contributed by atoms with Gasteiger partial charge in [0, 0.05) is 19.7 Å². The molecule has 1 amide bonds. The van der Waals surface area contributed by atoms with Crippen molar-refractivity contribution in [2.75, 3.05) is 26.3 Å². The minimum atomic E-state index is -0.453. The lowest BCUT2D eigenvalue weighted by atomic mass is 9.90. The molecule has 158 valence electrons. The molecular weight excluding hydrogens is 344 g/mol. The molecule has 1 heterocycles. The lowest BCUT2D eigenvalue weighted by Gasteiger charge is -2.34. The Morgan fingerprint density at radius 1 is 1.11 bits per heavy atom. The Balaban J connectivity index is 1.60. The van der Waals surface area contributed by atoms with E-state index in [4.69, 9.17) is 19.9 Å². The molecule has 2 rings (SSSR count). The summed E-state index contributed by atoms with van der Waals surface area (Å²) in [6, 6.07) is -0.113. The zero-order valence-electron chi connectivity index (χ0n) is 17.7. The summed E-state index contributed by atoms with van der Waals surface area (Å²) in [7, 11) is 0. The second-order valence-electron chi connectivity index (χ2n) is 9.21. The summed E-state index contributed by atoms with van der Waals surface area (Å²) < 4.78 is 17.4. The van der Waals surface area contributed by atoms with Crippen molar-refractivity contribution in [2.24, 2.45) is 11.7 Å². The number of hydrogen-bond acceptors (Lipinski definition) is 5. The predicted octanol–water partition coefficient (Wildman–Crippen LogP) is 3.72. The van der Waals surface area contributed by atoms with Gasteiger partial charge >= 0.3 is 6.09 Å². The number of amides is 1. The quantitative estimate of drug-likeness (QED) is 0.724. The minimum Gasteiger partial charge on any atom is -0.444 e. The van der Waals surface area contributed by atoms with Crippen molar-refractivity contribution in [3.8, 4) is 0 Å². The Bertz CT molecular complexity index is 438. The first kappa shape index (κ1) is 22.4. The first-order valence-electron chi connectivity index (χ1n) is 10.7. The van der Waals surface area contributed by atoms with Crippen LogP contribution in [-0.2, 0) is 14.2 Å². The normalized spacial score (nSPS) is 22.5. The Labute approximate surface area is 165 Å². The Morgan fingerprint density at radius 3 is 2.33 bits per heavy atom. The molecule has 0 unspecified atom stereocenters. The van der Waals surface area contributed by atoms with Crippen LogP contribution in [0.4, 0.5) is 4.79 Å². The first-order chi connectivity index (χ1) is 12.7.